The van der Waals surface area contributed by atoms with Crippen LogP contribution in [0.15, 0.2) is 52.6 Å². The lowest BCUT2D eigenvalue weighted by atomic mass is 9.77. The number of likely N-dealkylation sites (tertiary alicyclic amines) is 1. The van der Waals surface area contributed by atoms with Crippen LogP contribution in [0.2, 0.25) is 0 Å². The van der Waals surface area contributed by atoms with Gasteiger partial charge in [-0.2, -0.15) is 0 Å². The van der Waals surface area contributed by atoms with Crippen LogP contribution in [0.5, 0.6) is 0 Å². The molecule has 1 saturated heterocycles. The number of hydrogen-bond acceptors (Lipinski definition) is 1. The van der Waals surface area contributed by atoms with E-state index in [9.17, 15) is 4.79 Å². The highest BCUT2D eigenvalue weighted by molar-refractivity contribution is 9.11. The molecule has 1 fully saturated rings. The number of carbonyl (C=O) groups excluding carboxylic acids is 1. The standard InChI is InChI=1S/C20H20BrNO/c1-20-10-4-7-17(21)19(20)22(18(23)12-20)13-14-8-9-15-5-2-3-6-16(15)11-14/h2-3,5-6,8-9,11H,4,7,10,12-13H2,1H3. The van der Waals surface area contributed by atoms with Gasteiger partial charge in [-0.05, 0) is 41.7 Å². The molecule has 23 heavy (non-hydrogen) atoms. The predicted octanol–water partition coefficient (Wildman–Crippen LogP) is 5.37. The fourth-order valence-electron chi connectivity index (χ4n) is 4.08. The number of fused-ring (bicyclic) bond motifs is 2. The minimum Gasteiger partial charge on any atom is -0.310 e. The molecular formula is C20H20BrNO. The first kappa shape index (κ1) is 14.9. The van der Waals surface area contributed by atoms with E-state index in [2.05, 4.69) is 65.3 Å². The third kappa shape index (κ3) is 2.51. The molecule has 118 valence electrons. The van der Waals surface area contributed by atoms with Crippen molar-refractivity contribution in [2.75, 3.05) is 0 Å². The van der Waals surface area contributed by atoms with E-state index in [4.69, 9.17) is 0 Å². The minimum absolute atomic E-state index is 0.0189. The molecule has 2 nitrogen and oxygen atoms in total. The minimum atomic E-state index is 0.0189. The zero-order valence-electron chi connectivity index (χ0n) is 13.3. The van der Waals surface area contributed by atoms with Crippen molar-refractivity contribution in [3.05, 3.63) is 58.2 Å². The van der Waals surface area contributed by atoms with Crippen molar-refractivity contribution >= 4 is 32.6 Å². The number of hydrogen-bond donors (Lipinski definition) is 0. The molecule has 1 aliphatic heterocycles. The third-order valence-electron chi connectivity index (χ3n) is 5.22. The second kappa shape index (κ2) is 5.48. The summed E-state index contributed by atoms with van der Waals surface area (Å²) in [5.41, 5.74) is 2.44. The summed E-state index contributed by atoms with van der Waals surface area (Å²) in [5, 5.41) is 2.47. The van der Waals surface area contributed by atoms with Crippen molar-refractivity contribution < 1.29 is 4.79 Å². The highest BCUT2D eigenvalue weighted by Gasteiger charge is 2.46. The summed E-state index contributed by atoms with van der Waals surface area (Å²) < 4.78 is 1.22. The Labute approximate surface area is 145 Å². The Balaban J connectivity index is 1.70. The Hall–Kier alpha value is -1.61. The van der Waals surface area contributed by atoms with Crippen LogP contribution in [0.3, 0.4) is 0 Å². The van der Waals surface area contributed by atoms with Gasteiger partial charge in [0.1, 0.15) is 0 Å². The normalized spacial score (nSPS) is 24.4. The van der Waals surface area contributed by atoms with Gasteiger partial charge in [0.25, 0.3) is 0 Å². The van der Waals surface area contributed by atoms with Crippen LogP contribution in [-0.2, 0) is 11.3 Å². The summed E-state index contributed by atoms with van der Waals surface area (Å²) in [6, 6.07) is 14.9. The van der Waals surface area contributed by atoms with Crippen molar-refractivity contribution in [2.24, 2.45) is 5.41 Å². The molecule has 0 N–H and O–H groups in total. The largest absolute Gasteiger partial charge is 0.310 e. The third-order valence-corrected chi connectivity index (χ3v) is 5.99. The maximum atomic E-state index is 12.6. The van der Waals surface area contributed by atoms with Crippen LogP contribution in [0.25, 0.3) is 10.8 Å². The number of amides is 1. The van der Waals surface area contributed by atoms with E-state index in [1.54, 1.807) is 0 Å². The molecule has 1 aliphatic carbocycles. The number of rotatable bonds is 2. The lowest BCUT2D eigenvalue weighted by molar-refractivity contribution is -0.127. The Morgan fingerprint density at radius 2 is 1.96 bits per heavy atom. The van der Waals surface area contributed by atoms with Crippen LogP contribution < -0.4 is 0 Å². The molecule has 4 rings (SSSR count). The van der Waals surface area contributed by atoms with Crippen molar-refractivity contribution in [1.29, 1.82) is 0 Å². The Morgan fingerprint density at radius 1 is 1.17 bits per heavy atom. The second-order valence-corrected chi connectivity index (χ2v) is 7.96. The number of carbonyl (C=O) groups is 1. The van der Waals surface area contributed by atoms with Crippen molar-refractivity contribution in [3.8, 4) is 0 Å². The average Bonchev–Trinajstić information content (AvgIpc) is 2.78. The van der Waals surface area contributed by atoms with Crippen LogP contribution in [0, 0.1) is 5.41 Å². The maximum absolute atomic E-state index is 12.6. The highest BCUT2D eigenvalue weighted by Crippen LogP contribution is 2.51. The van der Waals surface area contributed by atoms with Gasteiger partial charge in [0.2, 0.25) is 5.91 Å². The van der Waals surface area contributed by atoms with Crippen LogP contribution in [0.4, 0.5) is 0 Å². The molecule has 2 aromatic rings. The van der Waals surface area contributed by atoms with Gasteiger partial charge in [-0.25, -0.2) is 0 Å². The van der Waals surface area contributed by atoms with Gasteiger partial charge < -0.3 is 4.90 Å². The molecule has 1 atom stereocenters. The molecule has 3 heteroatoms. The van der Waals surface area contributed by atoms with E-state index >= 15 is 0 Å². The Kier molecular flexibility index (Phi) is 3.56. The fraction of sp³-hybridized carbons (Fsp3) is 0.350. The quantitative estimate of drug-likeness (QED) is 0.696. The zero-order valence-corrected chi connectivity index (χ0v) is 14.9. The van der Waals surface area contributed by atoms with Crippen molar-refractivity contribution in [2.45, 2.75) is 39.2 Å². The number of nitrogens with zero attached hydrogens (tertiary/aromatic N) is 1. The molecule has 1 amide bonds. The van der Waals surface area contributed by atoms with E-state index in [1.807, 2.05) is 4.90 Å². The van der Waals surface area contributed by atoms with E-state index in [0.29, 0.717) is 13.0 Å². The molecule has 1 unspecified atom stereocenters. The van der Waals surface area contributed by atoms with Gasteiger partial charge in [-0.1, -0.05) is 59.3 Å². The van der Waals surface area contributed by atoms with Gasteiger partial charge in [0, 0.05) is 22.0 Å². The van der Waals surface area contributed by atoms with E-state index in [-0.39, 0.29) is 11.3 Å². The van der Waals surface area contributed by atoms with Crippen LogP contribution in [-0.4, -0.2) is 10.8 Å². The van der Waals surface area contributed by atoms with Crippen LogP contribution in [0.1, 0.15) is 38.2 Å². The lowest BCUT2D eigenvalue weighted by Crippen LogP contribution is -2.27. The van der Waals surface area contributed by atoms with E-state index in [1.165, 1.54) is 26.5 Å². The first-order valence-electron chi connectivity index (χ1n) is 8.24. The molecule has 2 aliphatic rings. The predicted molar refractivity (Wildman–Crippen MR) is 97.0 cm³/mol. The number of benzene rings is 2. The van der Waals surface area contributed by atoms with E-state index in [0.717, 1.165) is 19.3 Å². The zero-order chi connectivity index (χ0) is 16.0. The monoisotopic (exact) mass is 369 g/mol. The lowest BCUT2D eigenvalue weighted by Gasteiger charge is -2.33. The Morgan fingerprint density at radius 3 is 2.78 bits per heavy atom. The molecule has 0 saturated carbocycles. The second-order valence-electron chi connectivity index (χ2n) is 7.01. The van der Waals surface area contributed by atoms with Gasteiger partial charge >= 0.3 is 0 Å². The number of halogens is 1. The maximum Gasteiger partial charge on any atom is 0.228 e. The molecular weight excluding hydrogens is 350 g/mol. The summed E-state index contributed by atoms with van der Waals surface area (Å²) in [7, 11) is 0. The number of allylic oxidation sites excluding steroid dienone is 2. The molecule has 0 spiro atoms. The average molecular weight is 370 g/mol. The molecule has 0 aromatic heterocycles. The first-order chi connectivity index (χ1) is 11.1. The highest BCUT2D eigenvalue weighted by atomic mass is 79.9. The topological polar surface area (TPSA) is 20.3 Å². The first-order valence-corrected chi connectivity index (χ1v) is 9.03. The van der Waals surface area contributed by atoms with Crippen molar-refractivity contribution in [3.63, 3.8) is 0 Å². The van der Waals surface area contributed by atoms with Crippen LogP contribution >= 0.6 is 15.9 Å². The molecule has 2 aromatic carbocycles. The van der Waals surface area contributed by atoms with Gasteiger partial charge in [-0.3, -0.25) is 4.79 Å². The summed E-state index contributed by atoms with van der Waals surface area (Å²) in [4.78, 5) is 14.6. The summed E-state index contributed by atoms with van der Waals surface area (Å²) in [5.74, 6) is 0.259. The van der Waals surface area contributed by atoms with Gasteiger partial charge in [0.15, 0.2) is 0 Å². The molecule has 1 heterocycles. The summed E-state index contributed by atoms with van der Waals surface area (Å²) >= 11 is 3.74. The SMILES string of the molecule is CC12CCCC(Br)=C1N(Cc1ccc3ccccc3c1)C(=O)C2. The van der Waals surface area contributed by atoms with Gasteiger partial charge in [0.05, 0.1) is 6.54 Å². The molecule has 0 radical (unpaired) electrons. The fourth-order valence-corrected chi connectivity index (χ4v) is 5.06. The summed E-state index contributed by atoms with van der Waals surface area (Å²) in [6.45, 7) is 2.91. The van der Waals surface area contributed by atoms with E-state index < -0.39 is 0 Å². The summed E-state index contributed by atoms with van der Waals surface area (Å²) in [6.07, 6.45) is 3.96. The van der Waals surface area contributed by atoms with Crippen molar-refractivity contribution in [1.82, 2.24) is 4.90 Å². The smallest absolute Gasteiger partial charge is 0.228 e. The van der Waals surface area contributed by atoms with Gasteiger partial charge in [-0.15, -0.1) is 0 Å². The Bertz CT molecular complexity index is 825. The molecule has 0 bridgehead atoms.